The lowest BCUT2D eigenvalue weighted by Gasteiger charge is -2.05. The second kappa shape index (κ2) is 5.29. The summed E-state index contributed by atoms with van der Waals surface area (Å²) in [5.74, 6) is 0.567. The van der Waals surface area contributed by atoms with Crippen molar-refractivity contribution < 1.29 is 4.39 Å². The predicted octanol–water partition coefficient (Wildman–Crippen LogP) is 2.50. The van der Waals surface area contributed by atoms with Gasteiger partial charge in [0.25, 0.3) is 0 Å². The van der Waals surface area contributed by atoms with E-state index in [4.69, 9.17) is 11.6 Å². The van der Waals surface area contributed by atoms with Gasteiger partial charge >= 0.3 is 0 Å². The van der Waals surface area contributed by atoms with Crippen molar-refractivity contribution in [2.75, 3.05) is 0 Å². The molecular weight excluding hydrogens is 241 g/mol. The van der Waals surface area contributed by atoms with Gasteiger partial charge in [0, 0.05) is 26.0 Å². The predicted molar refractivity (Wildman–Crippen MR) is 65.2 cm³/mol. The van der Waals surface area contributed by atoms with Gasteiger partial charge in [-0.15, -0.1) is 0 Å². The Labute approximate surface area is 104 Å². The van der Waals surface area contributed by atoms with Gasteiger partial charge in [0.1, 0.15) is 11.6 Å². The fourth-order valence-electron chi connectivity index (χ4n) is 1.54. The molecule has 2 rings (SSSR count). The van der Waals surface area contributed by atoms with Crippen LogP contribution in [0.1, 0.15) is 11.4 Å². The lowest BCUT2D eigenvalue weighted by atomic mass is 10.2. The van der Waals surface area contributed by atoms with Crippen molar-refractivity contribution in [1.29, 1.82) is 0 Å². The number of rotatable bonds is 4. The highest BCUT2D eigenvalue weighted by atomic mass is 35.5. The lowest BCUT2D eigenvalue weighted by molar-refractivity contribution is 0.621. The third-order valence-corrected chi connectivity index (χ3v) is 2.81. The number of nitrogens with zero attached hydrogens (tertiary/aromatic N) is 2. The Balaban J connectivity index is 1.90. The molecule has 1 heterocycles. The van der Waals surface area contributed by atoms with Crippen LogP contribution in [0.15, 0.2) is 30.6 Å². The van der Waals surface area contributed by atoms with Crippen LogP contribution in [0.3, 0.4) is 0 Å². The average Bonchev–Trinajstić information content (AvgIpc) is 2.70. The van der Waals surface area contributed by atoms with E-state index in [-0.39, 0.29) is 10.8 Å². The van der Waals surface area contributed by atoms with Crippen LogP contribution in [0.5, 0.6) is 0 Å². The maximum absolute atomic E-state index is 12.9. The molecule has 0 saturated carbocycles. The van der Waals surface area contributed by atoms with Gasteiger partial charge in [0.05, 0.1) is 11.6 Å². The number of hydrogen-bond acceptors (Lipinski definition) is 2. The van der Waals surface area contributed by atoms with Crippen LogP contribution in [0.25, 0.3) is 0 Å². The Morgan fingerprint density at radius 3 is 2.88 bits per heavy atom. The Morgan fingerprint density at radius 1 is 1.41 bits per heavy atom. The monoisotopic (exact) mass is 253 g/mol. The first kappa shape index (κ1) is 12.1. The number of aromatic nitrogens is 2. The van der Waals surface area contributed by atoms with Gasteiger partial charge in [-0.05, 0) is 17.7 Å². The minimum atomic E-state index is -0.389. The second-order valence-corrected chi connectivity index (χ2v) is 4.21. The fourth-order valence-corrected chi connectivity index (χ4v) is 1.74. The molecule has 0 bridgehead atoms. The van der Waals surface area contributed by atoms with Crippen LogP contribution in [-0.4, -0.2) is 9.55 Å². The number of halogens is 2. The van der Waals surface area contributed by atoms with Gasteiger partial charge in [-0.3, -0.25) is 0 Å². The summed E-state index contributed by atoms with van der Waals surface area (Å²) in [4.78, 5) is 4.19. The van der Waals surface area contributed by atoms with Crippen molar-refractivity contribution in [3.8, 4) is 0 Å². The molecule has 0 amide bonds. The SMILES string of the molecule is Cn1ccnc1CNCc1ccc(F)c(Cl)c1. The van der Waals surface area contributed by atoms with Crippen molar-refractivity contribution in [2.45, 2.75) is 13.1 Å². The fraction of sp³-hybridized carbons (Fsp3) is 0.250. The molecule has 0 aliphatic carbocycles. The van der Waals surface area contributed by atoms with Crippen LogP contribution in [0.2, 0.25) is 5.02 Å². The van der Waals surface area contributed by atoms with Crippen molar-refractivity contribution in [1.82, 2.24) is 14.9 Å². The molecule has 1 aromatic heterocycles. The molecule has 5 heteroatoms. The third kappa shape index (κ3) is 3.05. The zero-order valence-corrected chi connectivity index (χ0v) is 10.2. The minimum Gasteiger partial charge on any atom is -0.337 e. The molecule has 1 aromatic carbocycles. The lowest BCUT2D eigenvalue weighted by Crippen LogP contribution is -2.15. The summed E-state index contributed by atoms with van der Waals surface area (Å²) in [6, 6.07) is 4.72. The van der Waals surface area contributed by atoms with E-state index in [9.17, 15) is 4.39 Å². The van der Waals surface area contributed by atoms with Crippen molar-refractivity contribution >= 4 is 11.6 Å². The molecule has 0 fully saturated rings. The first-order valence-electron chi connectivity index (χ1n) is 5.27. The molecule has 1 N–H and O–H groups in total. The summed E-state index contributed by atoms with van der Waals surface area (Å²) in [5.41, 5.74) is 0.950. The van der Waals surface area contributed by atoms with Gasteiger partial charge in [0.2, 0.25) is 0 Å². The standard InChI is InChI=1S/C12H13ClFN3/c1-17-5-4-16-12(17)8-15-7-9-2-3-11(14)10(13)6-9/h2-6,15H,7-8H2,1H3. The maximum atomic E-state index is 12.9. The van der Waals surface area contributed by atoms with Crippen LogP contribution in [0.4, 0.5) is 4.39 Å². The summed E-state index contributed by atoms with van der Waals surface area (Å²) in [7, 11) is 1.94. The number of nitrogens with one attached hydrogen (secondary N) is 1. The summed E-state index contributed by atoms with van der Waals surface area (Å²) >= 11 is 5.70. The van der Waals surface area contributed by atoms with E-state index in [1.165, 1.54) is 6.07 Å². The van der Waals surface area contributed by atoms with Crippen molar-refractivity contribution in [2.24, 2.45) is 7.05 Å². The van der Waals surface area contributed by atoms with E-state index in [0.717, 1.165) is 11.4 Å². The molecule has 0 aliphatic heterocycles. The highest BCUT2D eigenvalue weighted by molar-refractivity contribution is 6.30. The van der Waals surface area contributed by atoms with E-state index in [1.54, 1.807) is 18.3 Å². The van der Waals surface area contributed by atoms with Gasteiger partial charge in [-0.25, -0.2) is 9.37 Å². The molecule has 90 valence electrons. The average molecular weight is 254 g/mol. The molecule has 0 aliphatic rings. The summed E-state index contributed by atoms with van der Waals surface area (Å²) < 4.78 is 14.9. The molecular formula is C12H13ClFN3. The molecule has 0 radical (unpaired) electrons. The topological polar surface area (TPSA) is 29.9 Å². The Morgan fingerprint density at radius 2 is 2.24 bits per heavy atom. The van der Waals surface area contributed by atoms with Crippen LogP contribution >= 0.6 is 11.6 Å². The second-order valence-electron chi connectivity index (χ2n) is 3.81. The molecule has 17 heavy (non-hydrogen) atoms. The molecule has 0 atom stereocenters. The molecule has 0 unspecified atom stereocenters. The van der Waals surface area contributed by atoms with Gasteiger partial charge in [-0.1, -0.05) is 17.7 Å². The number of aryl methyl sites for hydroxylation is 1. The minimum absolute atomic E-state index is 0.154. The van der Waals surface area contributed by atoms with E-state index < -0.39 is 0 Å². The number of hydrogen-bond donors (Lipinski definition) is 1. The van der Waals surface area contributed by atoms with E-state index in [1.807, 2.05) is 17.8 Å². The van der Waals surface area contributed by atoms with Crippen LogP contribution in [0, 0.1) is 5.82 Å². The zero-order valence-electron chi connectivity index (χ0n) is 9.45. The highest BCUT2D eigenvalue weighted by Gasteiger charge is 2.02. The Hall–Kier alpha value is -1.39. The first-order valence-corrected chi connectivity index (χ1v) is 5.65. The van der Waals surface area contributed by atoms with Crippen LogP contribution in [-0.2, 0) is 20.1 Å². The molecule has 3 nitrogen and oxygen atoms in total. The van der Waals surface area contributed by atoms with E-state index >= 15 is 0 Å². The molecule has 0 saturated heterocycles. The zero-order chi connectivity index (χ0) is 12.3. The van der Waals surface area contributed by atoms with Crippen molar-refractivity contribution in [3.05, 3.63) is 52.8 Å². The summed E-state index contributed by atoms with van der Waals surface area (Å²) in [6.07, 6.45) is 3.65. The quantitative estimate of drug-likeness (QED) is 0.907. The molecule has 0 spiro atoms. The van der Waals surface area contributed by atoms with Crippen LogP contribution < -0.4 is 5.32 Å². The largest absolute Gasteiger partial charge is 0.337 e. The van der Waals surface area contributed by atoms with E-state index in [0.29, 0.717) is 13.1 Å². The van der Waals surface area contributed by atoms with Gasteiger partial charge in [-0.2, -0.15) is 0 Å². The Bertz CT molecular complexity index is 510. The van der Waals surface area contributed by atoms with Gasteiger partial charge in [0.15, 0.2) is 0 Å². The van der Waals surface area contributed by atoms with Gasteiger partial charge < -0.3 is 9.88 Å². The summed E-state index contributed by atoms with van der Waals surface area (Å²) in [5, 5.41) is 3.38. The first-order chi connectivity index (χ1) is 8.16. The molecule has 2 aromatic rings. The van der Waals surface area contributed by atoms with Crippen molar-refractivity contribution in [3.63, 3.8) is 0 Å². The number of imidazole rings is 1. The number of benzene rings is 1. The highest BCUT2D eigenvalue weighted by Crippen LogP contribution is 2.15. The summed E-state index contributed by atoms with van der Waals surface area (Å²) in [6.45, 7) is 1.30. The smallest absolute Gasteiger partial charge is 0.141 e. The van der Waals surface area contributed by atoms with E-state index in [2.05, 4.69) is 10.3 Å². The maximum Gasteiger partial charge on any atom is 0.141 e. The Kier molecular flexibility index (Phi) is 3.76. The third-order valence-electron chi connectivity index (χ3n) is 2.52. The normalized spacial score (nSPS) is 10.8.